The molecule has 2 aromatic carbocycles. The van der Waals surface area contributed by atoms with Crippen LogP contribution in [0.15, 0.2) is 59.7 Å². The normalized spacial score (nSPS) is 10.4. The molecule has 0 fully saturated rings. The molecular formula is C15H15N3S. The number of hydrogen-bond donors (Lipinski definition) is 2. The van der Waals surface area contributed by atoms with Gasteiger partial charge in [-0.05, 0) is 28.9 Å². The second-order valence-corrected chi connectivity index (χ2v) is 4.35. The molecule has 3 nitrogen and oxygen atoms in total. The average molecular weight is 269 g/mol. The predicted molar refractivity (Wildman–Crippen MR) is 84.3 cm³/mol. The molecule has 96 valence electrons. The van der Waals surface area contributed by atoms with Gasteiger partial charge in [-0.25, -0.2) is 0 Å². The third kappa shape index (κ3) is 3.89. The van der Waals surface area contributed by atoms with E-state index in [1.807, 2.05) is 30.3 Å². The van der Waals surface area contributed by atoms with Crippen LogP contribution in [0.25, 0.3) is 11.1 Å². The Balaban J connectivity index is 2.05. The van der Waals surface area contributed by atoms with Gasteiger partial charge in [-0.3, -0.25) is 5.43 Å². The molecule has 2 aromatic rings. The average Bonchev–Trinajstić information content (AvgIpc) is 2.48. The molecule has 0 aliphatic carbocycles. The van der Waals surface area contributed by atoms with E-state index in [0.717, 1.165) is 5.56 Å². The van der Waals surface area contributed by atoms with Crippen molar-refractivity contribution in [1.82, 2.24) is 10.7 Å². The largest absolute Gasteiger partial charge is 0.364 e. The summed E-state index contributed by atoms with van der Waals surface area (Å²) >= 11 is 4.92. The van der Waals surface area contributed by atoms with Crippen molar-refractivity contribution in [2.45, 2.75) is 0 Å². The van der Waals surface area contributed by atoms with Crippen molar-refractivity contribution in [3.8, 4) is 11.1 Å². The molecule has 0 saturated carbocycles. The van der Waals surface area contributed by atoms with Crippen molar-refractivity contribution in [2.24, 2.45) is 5.10 Å². The van der Waals surface area contributed by atoms with E-state index in [4.69, 9.17) is 12.2 Å². The van der Waals surface area contributed by atoms with Crippen molar-refractivity contribution in [2.75, 3.05) is 7.05 Å². The number of nitrogens with zero attached hydrogens (tertiary/aromatic N) is 1. The van der Waals surface area contributed by atoms with Gasteiger partial charge in [-0.2, -0.15) is 5.10 Å². The van der Waals surface area contributed by atoms with Crippen molar-refractivity contribution in [3.05, 3.63) is 60.2 Å². The smallest absolute Gasteiger partial charge is 0.186 e. The Hall–Kier alpha value is -2.20. The predicted octanol–water partition coefficient (Wildman–Crippen LogP) is 2.78. The Bertz CT molecular complexity index is 562. The summed E-state index contributed by atoms with van der Waals surface area (Å²) in [4.78, 5) is 0. The lowest BCUT2D eigenvalue weighted by Crippen LogP contribution is -2.28. The Labute approximate surface area is 118 Å². The summed E-state index contributed by atoms with van der Waals surface area (Å²) in [5.74, 6) is 0. The molecule has 0 unspecified atom stereocenters. The van der Waals surface area contributed by atoms with Crippen molar-refractivity contribution >= 4 is 23.5 Å². The molecule has 0 heterocycles. The number of hydrogen-bond acceptors (Lipinski definition) is 2. The summed E-state index contributed by atoms with van der Waals surface area (Å²) < 4.78 is 0. The molecule has 0 aliphatic rings. The molecule has 2 N–H and O–H groups in total. The topological polar surface area (TPSA) is 36.4 Å². The molecule has 0 spiro atoms. The maximum Gasteiger partial charge on any atom is 0.186 e. The number of rotatable bonds is 3. The highest BCUT2D eigenvalue weighted by atomic mass is 32.1. The number of hydrazone groups is 1. The minimum atomic E-state index is 0.497. The van der Waals surface area contributed by atoms with E-state index in [1.54, 1.807) is 13.3 Å². The fraction of sp³-hybridized carbons (Fsp3) is 0.0667. The number of nitrogens with one attached hydrogen (secondary N) is 2. The van der Waals surface area contributed by atoms with Crippen LogP contribution in [-0.4, -0.2) is 18.4 Å². The highest BCUT2D eigenvalue weighted by molar-refractivity contribution is 7.80. The summed E-state index contributed by atoms with van der Waals surface area (Å²) in [7, 11) is 1.75. The van der Waals surface area contributed by atoms with E-state index < -0.39 is 0 Å². The second kappa shape index (κ2) is 6.66. The summed E-state index contributed by atoms with van der Waals surface area (Å²) in [6, 6.07) is 18.5. The number of benzene rings is 2. The molecule has 0 atom stereocenters. The quantitative estimate of drug-likeness (QED) is 0.511. The van der Waals surface area contributed by atoms with Crippen molar-refractivity contribution in [1.29, 1.82) is 0 Å². The van der Waals surface area contributed by atoms with Gasteiger partial charge in [0.05, 0.1) is 6.21 Å². The summed E-state index contributed by atoms with van der Waals surface area (Å²) in [6.45, 7) is 0. The molecule has 2 rings (SSSR count). The number of thiocarbonyl (C=S) groups is 1. The van der Waals surface area contributed by atoms with Crippen LogP contribution in [0.2, 0.25) is 0 Å². The maximum absolute atomic E-state index is 4.92. The molecular weight excluding hydrogens is 254 g/mol. The second-order valence-electron chi connectivity index (χ2n) is 3.94. The van der Waals surface area contributed by atoms with Crippen molar-refractivity contribution < 1.29 is 0 Å². The zero-order valence-corrected chi connectivity index (χ0v) is 11.4. The van der Waals surface area contributed by atoms with Crippen LogP contribution in [0.4, 0.5) is 0 Å². The fourth-order valence-corrected chi connectivity index (χ4v) is 1.67. The molecule has 0 radical (unpaired) electrons. The summed E-state index contributed by atoms with van der Waals surface area (Å²) in [6.07, 6.45) is 1.73. The third-order valence-corrected chi connectivity index (χ3v) is 2.92. The van der Waals surface area contributed by atoms with Crippen LogP contribution >= 0.6 is 12.2 Å². The van der Waals surface area contributed by atoms with Gasteiger partial charge in [0, 0.05) is 7.05 Å². The van der Waals surface area contributed by atoms with E-state index in [9.17, 15) is 0 Å². The van der Waals surface area contributed by atoms with Crippen LogP contribution in [0, 0.1) is 0 Å². The van der Waals surface area contributed by atoms with E-state index in [1.165, 1.54) is 11.1 Å². The standard InChI is InChI=1S/C15H15N3S/c1-16-15(19)18-17-11-12-7-9-14(10-8-12)13-5-3-2-4-6-13/h2-11H,1H3,(H2,16,18,19)/b17-11+. The molecule has 0 bridgehead atoms. The van der Waals surface area contributed by atoms with Gasteiger partial charge in [0.1, 0.15) is 0 Å². The molecule has 4 heteroatoms. The van der Waals surface area contributed by atoms with E-state index in [-0.39, 0.29) is 0 Å². The zero-order valence-electron chi connectivity index (χ0n) is 10.6. The first-order chi connectivity index (χ1) is 9.29. The van der Waals surface area contributed by atoms with Gasteiger partial charge < -0.3 is 5.32 Å². The van der Waals surface area contributed by atoms with Gasteiger partial charge in [0.2, 0.25) is 0 Å². The highest BCUT2D eigenvalue weighted by Gasteiger charge is 1.95. The van der Waals surface area contributed by atoms with Gasteiger partial charge in [0.25, 0.3) is 0 Å². The Kier molecular flexibility index (Phi) is 4.64. The Morgan fingerprint density at radius 3 is 2.26 bits per heavy atom. The monoisotopic (exact) mass is 269 g/mol. The molecule has 0 aromatic heterocycles. The lowest BCUT2D eigenvalue weighted by molar-refractivity contribution is 0.982. The van der Waals surface area contributed by atoms with Crippen LogP contribution < -0.4 is 10.7 Å². The summed E-state index contributed by atoms with van der Waals surface area (Å²) in [5, 5.41) is 7.32. The van der Waals surface area contributed by atoms with Gasteiger partial charge in [-0.15, -0.1) is 0 Å². The van der Waals surface area contributed by atoms with E-state index in [0.29, 0.717) is 5.11 Å². The fourth-order valence-electron chi connectivity index (χ4n) is 1.61. The lowest BCUT2D eigenvalue weighted by Gasteiger charge is -2.02. The Morgan fingerprint density at radius 2 is 1.63 bits per heavy atom. The van der Waals surface area contributed by atoms with Crippen LogP contribution in [0.5, 0.6) is 0 Å². The Morgan fingerprint density at radius 1 is 1.00 bits per heavy atom. The lowest BCUT2D eigenvalue weighted by atomic mass is 10.0. The molecule has 0 amide bonds. The van der Waals surface area contributed by atoms with E-state index >= 15 is 0 Å². The first kappa shape index (κ1) is 13.2. The van der Waals surface area contributed by atoms with Gasteiger partial charge >= 0.3 is 0 Å². The molecule has 0 aliphatic heterocycles. The maximum atomic E-state index is 4.92. The first-order valence-electron chi connectivity index (χ1n) is 5.96. The zero-order chi connectivity index (χ0) is 13.5. The van der Waals surface area contributed by atoms with E-state index in [2.05, 4.69) is 40.1 Å². The highest BCUT2D eigenvalue weighted by Crippen LogP contribution is 2.18. The van der Waals surface area contributed by atoms with Gasteiger partial charge in [-0.1, -0.05) is 54.6 Å². The third-order valence-electron chi connectivity index (χ3n) is 2.62. The van der Waals surface area contributed by atoms with Gasteiger partial charge in [0.15, 0.2) is 5.11 Å². The van der Waals surface area contributed by atoms with Crippen LogP contribution in [0.1, 0.15) is 5.56 Å². The van der Waals surface area contributed by atoms with Crippen LogP contribution in [0.3, 0.4) is 0 Å². The molecule has 0 saturated heterocycles. The van der Waals surface area contributed by atoms with Crippen molar-refractivity contribution in [3.63, 3.8) is 0 Å². The molecule has 19 heavy (non-hydrogen) atoms. The summed E-state index contributed by atoms with van der Waals surface area (Å²) in [5.41, 5.74) is 6.14. The van der Waals surface area contributed by atoms with Crippen LogP contribution in [-0.2, 0) is 0 Å². The minimum absolute atomic E-state index is 0.497. The minimum Gasteiger partial charge on any atom is -0.364 e. The first-order valence-corrected chi connectivity index (χ1v) is 6.36. The SMILES string of the molecule is CNC(=S)N/N=C/c1ccc(-c2ccccc2)cc1.